The Balaban J connectivity index is 2.11. The maximum Gasteiger partial charge on any atom is 0.224 e. The molecule has 0 unspecified atom stereocenters. The Morgan fingerprint density at radius 1 is 1.06 bits per heavy atom. The second-order valence-electron chi connectivity index (χ2n) is 4.88. The van der Waals surface area contributed by atoms with Crippen molar-refractivity contribution in [1.29, 1.82) is 0 Å². The Bertz CT molecular complexity index is 384. The van der Waals surface area contributed by atoms with Gasteiger partial charge in [-0.3, -0.25) is 0 Å². The fourth-order valence-corrected chi connectivity index (χ4v) is 2.56. The molecule has 0 radical (unpaired) electrons. The fraction of sp³-hybridized carbons (Fsp3) is 0.692. The van der Waals surface area contributed by atoms with Gasteiger partial charge in [-0.05, 0) is 38.3 Å². The topological polar surface area (TPSA) is 37.8 Å². The van der Waals surface area contributed by atoms with Crippen molar-refractivity contribution in [2.45, 2.75) is 58.4 Å². The highest BCUT2D eigenvalue weighted by molar-refractivity contribution is 6.28. The molecule has 0 bridgehead atoms. The summed E-state index contributed by atoms with van der Waals surface area (Å²) in [4.78, 5) is 8.46. The average Bonchev–Trinajstić information content (AvgIpc) is 2.54. The van der Waals surface area contributed by atoms with Crippen LogP contribution in [0.15, 0.2) is 0 Å². The molecule has 17 heavy (non-hydrogen) atoms. The van der Waals surface area contributed by atoms with E-state index in [0.717, 1.165) is 17.1 Å². The largest absolute Gasteiger partial charge is 0.367 e. The van der Waals surface area contributed by atoms with E-state index in [1.165, 1.54) is 38.5 Å². The van der Waals surface area contributed by atoms with Crippen molar-refractivity contribution < 1.29 is 0 Å². The second-order valence-corrected chi connectivity index (χ2v) is 5.22. The molecule has 0 aliphatic heterocycles. The van der Waals surface area contributed by atoms with Crippen molar-refractivity contribution in [2.75, 3.05) is 5.32 Å². The smallest absolute Gasteiger partial charge is 0.224 e. The molecule has 1 heterocycles. The zero-order chi connectivity index (χ0) is 12.3. The summed E-state index contributed by atoms with van der Waals surface area (Å²) >= 11 is 5.91. The van der Waals surface area contributed by atoms with Gasteiger partial charge in [-0.1, -0.05) is 25.7 Å². The highest BCUT2D eigenvalue weighted by Gasteiger charge is 2.15. The molecule has 3 nitrogen and oxygen atoms in total. The van der Waals surface area contributed by atoms with Crippen LogP contribution in [0.5, 0.6) is 0 Å². The van der Waals surface area contributed by atoms with Gasteiger partial charge in [0.15, 0.2) is 0 Å². The van der Waals surface area contributed by atoms with E-state index in [1.54, 1.807) is 0 Å². The van der Waals surface area contributed by atoms with E-state index in [4.69, 9.17) is 11.6 Å². The van der Waals surface area contributed by atoms with Gasteiger partial charge in [-0.15, -0.1) is 0 Å². The number of rotatable bonds is 2. The first-order chi connectivity index (χ1) is 8.16. The highest BCUT2D eigenvalue weighted by Crippen LogP contribution is 2.23. The predicted molar refractivity (Wildman–Crippen MR) is 71.6 cm³/mol. The van der Waals surface area contributed by atoms with E-state index in [1.807, 2.05) is 13.8 Å². The highest BCUT2D eigenvalue weighted by atomic mass is 35.5. The lowest BCUT2D eigenvalue weighted by molar-refractivity contribution is 0.616. The zero-order valence-corrected chi connectivity index (χ0v) is 11.3. The summed E-state index contributed by atoms with van der Waals surface area (Å²) in [5.74, 6) is 0.911. The minimum atomic E-state index is 0.337. The molecule has 1 N–H and O–H groups in total. The lowest BCUT2D eigenvalue weighted by Gasteiger charge is -2.18. The second kappa shape index (κ2) is 5.67. The van der Waals surface area contributed by atoms with Gasteiger partial charge in [0.1, 0.15) is 5.82 Å². The van der Waals surface area contributed by atoms with E-state index >= 15 is 0 Å². The minimum Gasteiger partial charge on any atom is -0.367 e. The van der Waals surface area contributed by atoms with Crippen LogP contribution in [0, 0.1) is 13.8 Å². The van der Waals surface area contributed by atoms with Gasteiger partial charge in [-0.2, -0.15) is 0 Å². The van der Waals surface area contributed by atoms with E-state index < -0.39 is 0 Å². The van der Waals surface area contributed by atoms with Crippen LogP contribution in [0.2, 0.25) is 5.28 Å². The van der Waals surface area contributed by atoms with E-state index in [9.17, 15) is 0 Å². The number of anilines is 1. The maximum atomic E-state index is 5.91. The molecule has 4 heteroatoms. The van der Waals surface area contributed by atoms with Crippen molar-refractivity contribution in [3.8, 4) is 0 Å². The molecule has 0 atom stereocenters. The SMILES string of the molecule is Cc1nc(Cl)nc(NC2CCCCCC2)c1C. The molecule has 0 spiro atoms. The maximum absolute atomic E-state index is 5.91. The van der Waals surface area contributed by atoms with Crippen LogP contribution < -0.4 is 5.32 Å². The van der Waals surface area contributed by atoms with Gasteiger partial charge in [0.2, 0.25) is 5.28 Å². The summed E-state index contributed by atoms with van der Waals surface area (Å²) in [6.07, 6.45) is 7.82. The number of nitrogens with one attached hydrogen (secondary N) is 1. The predicted octanol–water partition coefficient (Wildman–Crippen LogP) is 3.88. The van der Waals surface area contributed by atoms with Crippen molar-refractivity contribution in [3.63, 3.8) is 0 Å². The molecule has 1 aliphatic rings. The van der Waals surface area contributed by atoms with Crippen LogP contribution in [0.4, 0.5) is 5.82 Å². The Morgan fingerprint density at radius 3 is 2.35 bits per heavy atom. The first-order valence-corrected chi connectivity index (χ1v) is 6.82. The van der Waals surface area contributed by atoms with Crippen LogP contribution in [-0.4, -0.2) is 16.0 Å². The molecule has 0 aromatic carbocycles. The standard InChI is InChI=1S/C13H20ClN3/c1-9-10(2)15-13(14)17-12(9)16-11-7-5-3-4-6-8-11/h11H,3-8H2,1-2H3,(H,15,16,17). The molecular formula is C13H20ClN3. The van der Waals surface area contributed by atoms with E-state index in [0.29, 0.717) is 11.3 Å². The van der Waals surface area contributed by atoms with Crippen molar-refractivity contribution >= 4 is 17.4 Å². The minimum absolute atomic E-state index is 0.337. The fourth-order valence-electron chi connectivity index (χ4n) is 2.35. The van der Waals surface area contributed by atoms with Gasteiger partial charge in [0.05, 0.1) is 0 Å². The number of nitrogens with zero attached hydrogens (tertiary/aromatic N) is 2. The third-order valence-corrected chi connectivity index (χ3v) is 3.73. The summed E-state index contributed by atoms with van der Waals surface area (Å²) < 4.78 is 0. The molecule has 1 aliphatic carbocycles. The molecule has 94 valence electrons. The monoisotopic (exact) mass is 253 g/mol. The van der Waals surface area contributed by atoms with Crippen LogP contribution in [0.1, 0.15) is 49.8 Å². The van der Waals surface area contributed by atoms with Crippen molar-refractivity contribution in [1.82, 2.24) is 9.97 Å². The van der Waals surface area contributed by atoms with Gasteiger partial charge < -0.3 is 5.32 Å². The summed E-state index contributed by atoms with van der Waals surface area (Å²) in [5, 5.41) is 3.87. The Morgan fingerprint density at radius 2 is 1.71 bits per heavy atom. The van der Waals surface area contributed by atoms with Crippen molar-refractivity contribution in [2.24, 2.45) is 0 Å². The number of aryl methyl sites for hydroxylation is 1. The third-order valence-electron chi connectivity index (χ3n) is 3.56. The van der Waals surface area contributed by atoms with Gasteiger partial charge in [-0.25, -0.2) is 9.97 Å². The first kappa shape index (κ1) is 12.6. The third kappa shape index (κ3) is 3.32. The lowest BCUT2D eigenvalue weighted by atomic mass is 10.1. The Hall–Kier alpha value is -0.830. The van der Waals surface area contributed by atoms with Crippen LogP contribution in [0.3, 0.4) is 0 Å². The molecule has 1 saturated carbocycles. The van der Waals surface area contributed by atoms with Crippen LogP contribution in [-0.2, 0) is 0 Å². The summed E-state index contributed by atoms with van der Waals surface area (Å²) in [6.45, 7) is 4.02. The normalized spacial score (nSPS) is 17.8. The zero-order valence-electron chi connectivity index (χ0n) is 10.6. The number of hydrogen-bond donors (Lipinski definition) is 1. The van der Waals surface area contributed by atoms with Gasteiger partial charge in [0, 0.05) is 17.3 Å². The van der Waals surface area contributed by atoms with E-state index in [-0.39, 0.29) is 0 Å². The molecule has 1 aromatic rings. The number of halogens is 1. The molecule has 1 fully saturated rings. The van der Waals surface area contributed by atoms with Crippen LogP contribution >= 0.6 is 11.6 Å². The van der Waals surface area contributed by atoms with Gasteiger partial charge in [0.25, 0.3) is 0 Å². The summed E-state index contributed by atoms with van der Waals surface area (Å²) in [6, 6.07) is 0.543. The average molecular weight is 254 g/mol. The molecule has 2 rings (SSSR count). The quantitative estimate of drug-likeness (QED) is 0.642. The first-order valence-electron chi connectivity index (χ1n) is 6.44. The van der Waals surface area contributed by atoms with Crippen LogP contribution in [0.25, 0.3) is 0 Å². The molecule has 0 saturated heterocycles. The number of hydrogen-bond acceptors (Lipinski definition) is 3. The summed E-state index contributed by atoms with van der Waals surface area (Å²) in [7, 11) is 0. The Labute approximate surface area is 108 Å². The van der Waals surface area contributed by atoms with E-state index in [2.05, 4.69) is 15.3 Å². The summed E-state index contributed by atoms with van der Waals surface area (Å²) in [5.41, 5.74) is 2.07. The van der Waals surface area contributed by atoms with Gasteiger partial charge >= 0.3 is 0 Å². The molecule has 0 amide bonds. The van der Waals surface area contributed by atoms with Crippen molar-refractivity contribution in [3.05, 3.63) is 16.5 Å². The lowest BCUT2D eigenvalue weighted by Crippen LogP contribution is -2.20. The number of aromatic nitrogens is 2. The molecule has 1 aromatic heterocycles. The Kier molecular flexibility index (Phi) is 4.21. The molecular weight excluding hydrogens is 234 g/mol.